The van der Waals surface area contributed by atoms with Gasteiger partial charge in [0.2, 0.25) is 0 Å². The van der Waals surface area contributed by atoms with Crippen LogP contribution in [0.4, 0.5) is 0 Å². The van der Waals surface area contributed by atoms with Gasteiger partial charge in [-0.15, -0.1) is 0 Å². The van der Waals surface area contributed by atoms with Crippen molar-refractivity contribution in [3.8, 4) is 17.2 Å². The maximum Gasteiger partial charge on any atom is 0.271 e. The van der Waals surface area contributed by atoms with Gasteiger partial charge in [-0.2, -0.15) is 0 Å². The third-order valence-corrected chi connectivity index (χ3v) is 8.67. The first-order chi connectivity index (χ1) is 18.4. The third-order valence-electron chi connectivity index (χ3n) is 6.94. The van der Waals surface area contributed by atoms with Gasteiger partial charge < -0.3 is 14.6 Å². The van der Waals surface area contributed by atoms with Gasteiger partial charge in [0, 0.05) is 15.6 Å². The van der Waals surface area contributed by atoms with Crippen LogP contribution in [0.2, 0.25) is 5.02 Å². The molecule has 0 spiro atoms. The number of methoxy groups -OCH3 is 2. The molecule has 6 nitrogen and oxygen atoms in total. The standard InChI is InChI=1S/C29H22BrClN2O4S/c1-36-22-10-8-16(12-23(22)37-2)26-20-9-7-15-5-3-4-6-19(15)25(20)32-29-33(26)28(35)24(38-29)13-17-11-18(30)14-21(31)27(17)34/h3-6,8,10-14,26,34H,7,9H2,1-2H3/b24-13+/t26-/m0/s1. The predicted octanol–water partition coefficient (Wildman–Crippen LogP) is 5.46. The molecule has 2 aliphatic rings. The first-order valence-corrected chi connectivity index (χ1v) is 13.9. The van der Waals surface area contributed by atoms with Gasteiger partial charge >= 0.3 is 0 Å². The molecule has 1 aliphatic carbocycles. The lowest BCUT2D eigenvalue weighted by Crippen LogP contribution is -2.38. The summed E-state index contributed by atoms with van der Waals surface area (Å²) in [4.78, 5) is 19.6. The number of aromatic hydroxyl groups is 1. The quantitative estimate of drug-likeness (QED) is 0.334. The number of nitrogens with zero attached hydrogens (tertiary/aromatic N) is 2. The number of hydrogen-bond acceptors (Lipinski definition) is 6. The summed E-state index contributed by atoms with van der Waals surface area (Å²) in [6.07, 6.45) is 3.31. The van der Waals surface area contributed by atoms with Crippen LogP contribution in [-0.2, 0) is 6.42 Å². The maximum absolute atomic E-state index is 14.0. The van der Waals surface area contributed by atoms with E-state index in [1.165, 1.54) is 16.9 Å². The van der Waals surface area contributed by atoms with Crippen LogP contribution < -0.4 is 24.4 Å². The number of phenols is 1. The van der Waals surface area contributed by atoms with Crippen LogP contribution >= 0.6 is 38.9 Å². The summed E-state index contributed by atoms with van der Waals surface area (Å²) in [7, 11) is 3.20. The molecule has 2 heterocycles. The van der Waals surface area contributed by atoms with E-state index in [-0.39, 0.29) is 22.4 Å². The molecule has 1 aliphatic heterocycles. The molecule has 9 heteroatoms. The molecule has 0 fully saturated rings. The lowest BCUT2D eigenvalue weighted by Gasteiger charge is -2.31. The Morgan fingerprint density at radius 1 is 1.11 bits per heavy atom. The van der Waals surface area contributed by atoms with Crippen LogP contribution in [0, 0.1) is 0 Å². The Morgan fingerprint density at radius 3 is 2.68 bits per heavy atom. The zero-order chi connectivity index (χ0) is 26.6. The second-order valence-electron chi connectivity index (χ2n) is 9.05. The summed E-state index contributed by atoms with van der Waals surface area (Å²) in [5.41, 5.74) is 5.50. The molecule has 0 unspecified atom stereocenters. The van der Waals surface area contributed by atoms with Crippen molar-refractivity contribution < 1.29 is 14.6 Å². The molecule has 6 rings (SSSR count). The Hall–Kier alpha value is -3.33. The summed E-state index contributed by atoms with van der Waals surface area (Å²) >= 11 is 10.9. The molecular weight excluding hydrogens is 588 g/mol. The molecule has 0 bridgehead atoms. The zero-order valence-electron chi connectivity index (χ0n) is 20.5. The van der Waals surface area contributed by atoms with Crippen LogP contribution in [0.3, 0.4) is 0 Å². The largest absolute Gasteiger partial charge is 0.506 e. The normalized spacial score (nSPS) is 16.4. The fraction of sp³-hybridized carbons (Fsp3) is 0.172. The summed E-state index contributed by atoms with van der Waals surface area (Å²) in [6.45, 7) is 0. The van der Waals surface area contributed by atoms with E-state index < -0.39 is 0 Å². The Morgan fingerprint density at radius 2 is 1.89 bits per heavy atom. The minimum atomic E-state index is -0.365. The fourth-order valence-electron chi connectivity index (χ4n) is 5.18. The SMILES string of the molecule is COc1ccc([C@H]2C3=C(N=c4s/c(=C/c5cc(Br)cc(Cl)c5O)c(=O)n42)c2ccccc2CC3)cc1OC. The van der Waals surface area contributed by atoms with Crippen LogP contribution in [0.1, 0.15) is 34.7 Å². The van der Waals surface area contributed by atoms with E-state index in [1.54, 1.807) is 37.0 Å². The summed E-state index contributed by atoms with van der Waals surface area (Å²) in [6, 6.07) is 17.0. The molecule has 38 heavy (non-hydrogen) atoms. The number of aromatic nitrogens is 1. The molecule has 1 aromatic heterocycles. The minimum absolute atomic E-state index is 0.0784. The fourth-order valence-corrected chi connectivity index (χ4v) is 7.01. The van der Waals surface area contributed by atoms with Crippen molar-refractivity contribution in [3.05, 3.63) is 112 Å². The Kier molecular flexibility index (Phi) is 6.42. The van der Waals surface area contributed by atoms with E-state index in [4.69, 9.17) is 26.1 Å². The van der Waals surface area contributed by atoms with Crippen LogP contribution in [0.5, 0.6) is 17.2 Å². The lowest BCUT2D eigenvalue weighted by molar-refractivity contribution is 0.354. The van der Waals surface area contributed by atoms with Gasteiger partial charge in [0.25, 0.3) is 5.56 Å². The highest BCUT2D eigenvalue weighted by Crippen LogP contribution is 2.43. The van der Waals surface area contributed by atoms with E-state index in [0.29, 0.717) is 30.9 Å². The Bertz CT molecular complexity index is 1830. The maximum atomic E-state index is 14.0. The van der Waals surface area contributed by atoms with E-state index in [0.717, 1.165) is 35.2 Å². The minimum Gasteiger partial charge on any atom is -0.506 e. The summed E-state index contributed by atoms with van der Waals surface area (Å²) in [5.74, 6) is 1.13. The first-order valence-electron chi connectivity index (χ1n) is 11.9. The molecule has 192 valence electrons. The van der Waals surface area contributed by atoms with Crippen molar-refractivity contribution in [1.82, 2.24) is 4.57 Å². The number of hydrogen-bond donors (Lipinski definition) is 1. The first kappa shape index (κ1) is 25.0. The van der Waals surface area contributed by atoms with Crippen LogP contribution in [-0.4, -0.2) is 23.9 Å². The van der Waals surface area contributed by atoms with Crippen molar-refractivity contribution in [2.45, 2.75) is 18.9 Å². The molecule has 0 saturated carbocycles. The zero-order valence-corrected chi connectivity index (χ0v) is 23.7. The molecule has 4 aromatic rings. The van der Waals surface area contributed by atoms with Crippen LogP contribution in [0.25, 0.3) is 11.8 Å². The number of ether oxygens (including phenoxy) is 2. The number of halogens is 2. The molecule has 0 radical (unpaired) electrons. The van der Waals surface area contributed by atoms with Crippen molar-refractivity contribution in [2.75, 3.05) is 14.2 Å². The monoisotopic (exact) mass is 608 g/mol. The van der Waals surface area contributed by atoms with Gasteiger partial charge in [-0.1, -0.05) is 69.2 Å². The highest BCUT2D eigenvalue weighted by Gasteiger charge is 2.33. The number of aryl methyl sites for hydroxylation is 1. The summed E-state index contributed by atoms with van der Waals surface area (Å²) in [5, 5.41) is 10.7. The molecular formula is C29H22BrClN2O4S. The number of thiazole rings is 1. The van der Waals surface area contributed by atoms with Gasteiger partial charge in [0.15, 0.2) is 16.3 Å². The smallest absolute Gasteiger partial charge is 0.271 e. The van der Waals surface area contributed by atoms with Crippen molar-refractivity contribution in [3.63, 3.8) is 0 Å². The van der Waals surface area contributed by atoms with Gasteiger partial charge in [-0.25, -0.2) is 4.99 Å². The topological polar surface area (TPSA) is 73.0 Å². The molecule has 1 atom stereocenters. The third kappa shape index (κ3) is 4.08. The van der Waals surface area contributed by atoms with Crippen molar-refractivity contribution >= 4 is 50.6 Å². The highest BCUT2D eigenvalue weighted by molar-refractivity contribution is 9.10. The van der Waals surface area contributed by atoms with Crippen molar-refractivity contribution in [2.24, 2.45) is 4.99 Å². The number of allylic oxidation sites excluding steroid dienone is 1. The second-order valence-corrected chi connectivity index (χ2v) is 11.4. The van der Waals surface area contributed by atoms with E-state index in [2.05, 4.69) is 28.1 Å². The number of benzene rings is 3. The highest BCUT2D eigenvalue weighted by atomic mass is 79.9. The average molecular weight is 610 g/mol. The van der Waals surface area contributed by atoms with E-state index >= 15 is 0 Å². The van der Waals surface area contributed by atoms with E-state index in [1.807, 2.05) is 30.3 Å². The lowest BCUT2D eigenvalue weighted by atomic mass is 9.83. The number of rotatable bonds is 4. The molecule has 1 N–H and O–H groups in total. The second kappa shape index (κ2) is 9.76. The number of fused-ring (bicyclic) bond motifs is 3. The van der Waals surface area contributed by atoms with Gasteiger partial charge in [-0.3, -0.25) is 9.36 Å². The Labute approximate surface area is 235 Å². The molecule has 0 amide bonds. The number of phenolic OH excluding ortho intramolecular Hbond substituents is 1. The van der Waals surface area contributed by atoms with E-state index in [9.17, 15) is 9.90 Å². The van der Waals surface area contributed by atoms with Gasteiger partial charge in [-0.05, 0) is 59.9 Å². The van der Waals surface area contributed by atoms with Crippen LogP contribution in [0.15, 0.2) is 74.4 Å². The average Bonchev–Trinajstić information content (AvgIpc) is 3.24. The predicted molar refractivity (Wildman–Crippen MR) is 153 cm³/mol. The Balaban J connectivity index is 1.63. The summed E-state index contributed by atoms with van der Waals surface area (Å²) < 4.78 is 14.0. The van der Waals surface area contributed by atoms with Crippen molar-refractivity contribution in [1.29, 1.82) is 0 Å². The molecule has 0 saturated heterocycles. The van der Waals surface area contributed by atoms with Gasteiger partial charge in [0.05, 0.1) is 35.5 Å². The van der Waals surface area contributed by atoms with Gasteiger partial charge in [0.1, 0.15) is 5.75 Å². The molecule has 3 aromatic carbocycles.